The lowest BCUT2D eigenvalue weighted by molar-refractivity contribution is 0.103. The highest BCUT2D eigenvalue weighted by Gasteiger charge is 2.27. The van der Waals surface area contributed by atoms with Crippen molar-refractivity contribution in [3.05, 3.63) is 41.1 Å². The number of methoxy groups -OCH3 is 1. The number of carbonyl (C=O) groups is 1. The molecule has 1 saturated carbocycles. The predicted octanol–water partition coefficient (Wildman–Crippen LogP) is 2.63. The summed E-state index contributed by atoms with van der Waals surface area (Å²) in [6, 6.07) is 1.90. The number of hydrogen-bond donors (Lipinski definition) is 3. The molecule has 1 aliphatic rings. The standard InChI is InChI=1S/C21H27F2N5O4S/c1-3-10-33(30,31)28-13-6-4-12(5-7-13)26-21-25-11-14(20(24)27-21)19(29)17-16(32-2)9-8-15(22)18(17)23/h8-9,11-13,28H,3-7,10H2,1-2H3,(H3,24,25,26,27). The first-order valence-electron chi connectivity index (χ1n) is 10.6. The Morgan fingerprint density at radius 3 is 2.48 bits per heavy atom. The van der Waals surface area contributed by atoms with Gasteiger partial charge in [0.2, 0.25) is 21.8 Å². The number of anilines is 2. The molecule has 0 spiro atoms. The minimum absolute atomic E-state index is 0.00126. The number of nitrogen functional groups attached to an aromatic ring is 1. The van der Waals surface area contributed by atoms with Crippen LogP contribution in [0.15, 0.2) is 18.3 Å². The summed E-state index contributed by atoms with van der Waals surface area (Å²) in [6.45, 7) is 1.82. The highest BCUT2D eigenvalue weighted by Crippen LogP contribution is 2.28. The Morgan fingerprint density at radius 2 is 1.88 bits per heavy atom. The predicted molar refractivity (Wildman–Crippen MR) is 120 cm³/mol. The molecule has 3 rings (SSSR count). The molecular weight excluding hydrogens is 456 g/mol. The Kier molecular flexibility index (Phi) is 7.80. The van der Waals surface area contributed by atoms with Gasteiger partial charge in [-0.25, -0.2) is 26.9 Å². The molecule has 0 unspecified atom stereocenters. The van der Waals surface area contributed by atoms with Crippen LogP contribution in [0.3, 0.4) is 0 Å². The lowest BCUT2D eigenvalue weighted by Crippen LogP contribution is -2.41. The lowest BCUT2D eigenvalue weighted by atomic mass is 9.92. The molecule has 0 amide bonds. The van der Waals surface area contributed by atoms with Crippen molar-refractivity contribution in [2.24, 2.45) is 0 Å². The van der Waals surface area contributed by atoms with Gasteiger partial charge in [-0.3, -0.25) is 4.79 Å². The van der Waals surface area contributed by atoms with Crippen molar-refractivity contribution >= 4 is 27.6 Å². The Labute approximate surface area is 191 Å². The fourth-order valence-electron chi connectivity index (χ4n) is 3.81. The summed E-state index contributed by atoms with van der Waals surface area (Å²) in [6.07, 6.45) is 4.41. The van der Waals surface area contributed by atoms with E-state index in [9.17, 15) is 22.0 Å². The van der Waals surface area contributed by atoms with Gasteiger partial charge in [-0.05, 0) is 44.2 Å². The van der Waals surface area contributed by atoms with Gasteiger partial charge in [0.15, 0.2) is 11.6 Å². The maximum Gasteiger partial charge on any atom is 0.224 e. The van der Waals surface area contributed by atoms with Crippen LogP contribution >= 0.6 is 0 Å². The summed E-state index contributed by atoms with van der Waals surface area (Å²) in [7, 11) is -2.03. The fourth-order valence-corrected chi connectivity index (χ4v) is 5.21. The molecule has 1 fully saturated rings. The molecule has 0 aliphatic heterocycles. The summed E-state index contributed by atoms with van der Waals surface area (Å²) in [5.41, 5.74) is 5.15. The van der Waals surface area contributed by atoms with Crippen LogP contribution in [0.1, 0.15) is 54.9 Å². The van der Waals surface area contributed by atoms with E-state index >= 15 is 0 Å². The summed E-state index contributed by atoms with van der Waals surface area (Å²) < 4.78 is 59.5. The van der Waals surface area contributed by atoms with Gasteiger partial charge < -0.3 is 15.8 Å². The highest BCUT2D eigenvalue weighted by molar-refractivity contribution is 7.89. The van der Waals surface area contributed by atoms with Gasteiger partial charge in [0.05, 0.1) is 18.4 Å². The van der Waals surface area contributed by atoms with Gasteiger partial charge in [-0.2, -0.15) is 4.98 Å². The van der Waals surface area contributed by atoms with Crippen molar-refractivity contribution in [2.45, 2.75) is 51.1 Å². The van der Waals surface area contributed by atoms with Crippen LogP contribution in [0.25, 0.3) is 0 Å². The Morgan fingerprint density at radius 1 is 1.21 bits per heavy atom. The Hall–Kier alpha value is -2.86. The molecule has 33 heavy (non-hydrogen) atoms. The van der Waals surface area contributed by atoms with E-state index in [0.29, 0.717) is 32.1 Å². The van der Waals surface area contributed by atoms with Crippen molar-refractivity contribution in [2.75, 3.05) is 23.9 Å². The minimum atomic E-state index is -3.26. The monoisotopic (exact) mass is 483 g/mol. The third-order valence-electron chi connectivity index (χ3n) is 5.45. The van der Waals surface area contributed by atoms with E-state index in [-0.39, 0.29) is 40.9 Å². The fraction of sp³-hybridized carbons (Fsp3) is 0.476. The first kappa shape index (κ1) is 24.8. The van der Waals surface area contributed by atoms with E-state index in [4.69, 9.17) is 10.5 Å². The normalized spacial score (nSPS) is 18.7. The van der Waals surface area contributed by atoms with Crippen LogP contribution in [-0.4, -0.2) is 49.1 Å². The number of nitrogens with one attached hydrogen (secondary N) is 2. The Bertz CT molecular complexity index is 1120. The third-order valence-corrected chi connectivity index (χ3v) is 7.08. The second kappa shape index (κ2) is 10.4. The number of nitrogens with zero attached hydrogens (tertiary/aromatic N) is 2. The SMILES string of the molecule is CCCS(=O)(=O)NC1CCC(Nc2ncc(C(=O)c3c(OC)ccc(F)c3F)c(N)n2)CC1. The van der Waals surface area contributed by atoms with Gasteiger partial charge in [0, 0.05) is 18.3 Å². The Balaban J connectivity index is 1.67. The van der Waals surface area contributed by atoms with Crippen LogP contribution in [0.4, 0.5) is 20.5 Å². The van der Waals surface area contributed by atoms with Gasteiger partial charge in [-0.1, -0.05) is 6.92 Å². The zero-order valence-electron chi connectivity index (χ0n) is 18.4. The molecule has 0 radical (unpaired) electrons. The first-order valence-corrected chi connectivity index (χ1v) is 12.3. The maximum absolute atomic E-state index is 14.3. The molecule has 2 aromatic rings. The number of ketones is 1. The van der Waals surface area contributed by atoms with Crippen LogP contribution < -0.4 is 20.5 Å². The van der Waals surface area contributed by atoms with Gasteiger partial charge in [-0.15, -0.1) is 0 Å². The molecule has 4 N–H and O–H groups in total. The summed E-state index contributed by atoms with van der Waals surface area (Å²) >= 11 is 0. The molecule has 1 aromatic carbocycles. The van der Waals surface area contributed by atoms with Crippen molar-refractivity contribution < 1.29 is 26.7 Å². The van der Waals surface area contributed by atoms with Crippen molar-refractivity contribution in [3.8, 4) is 5.75 Å². The maximum atomic E-state index is 14.3. The van der Waals surface area contributed by atoms with Crippen LogP contribution in [0.2, 0.25) is 0 Å². The van der Waals surface area contributed by atoms with Crippen molar-refractivity contribution in [1.82, 2.24) is 14.7 Å². The third kappa shape index (κ3) is 5.93. The number of sulfonamides is 1. The smallest absolute Gasteiger partial charge is 0.224 e. The van der Waals surface area contributed by atoms with E-state index in [2.05, 4.69) is 20.0 Å². The summed E-state index contributed by atoms with van der Waals surface area (Å²) in [4.78, 5) is 21.0. The number of aromatic nitrogens is 2. The number of nitrogens with two attached hydrogens (primary N) is 1. The summed E-state index contributed by atoms with van der Waals surface area (Å²) in [5, 5.41) is 3.13. The molecule has 0 atom stereocenters. The number of ether oxygens (including phenoxy) is 1. The number of rotatable bonds is 9. The molecule has 1 aromatic heterocycles. The number of hydrogen-bond acceptors (Lipinski definition) is 8. The average Bonchev–Trinajstić information content (AvgIpc) is 2.76. The molecule has 0 bridgehead atoms. The first-order chi connectivity index (χ1) is 15.6. The van der Waals surface area contributed by atoms with Gasteiger partial charge in [0.25, 0.3) is 0 Å². The van der Waals surface area contributed by atoms with Crippen LogP contribution in [0, 0.1) is 11.6 Å². The highest BCUT2D eigenvalue weighted by atomic mass is 32.2. The van der Waals surface area contributed by atoms with E-state index in [1.165, 1.54) is 7.11 Å². The zero-order chi connectivity index (χ0) is 24.2. The van der Waals surface area contributed by atoms with E-state index < -0.39 is 33.0 Å². The number of halogens is 2. The molecule has 0 saturated heterocycles. The van der Waals surface area contributed by atoms with Crippen molar-refractivity contribution in [3.63, 3.8) is 0 Å². The zero-order valence-corrected chi connectivity index (χ0v) is 19.2. The minimum Gasteiger partial charge on any atom is -0.496 e. The summed E-state index contributed by atoms with van der Waals surface area (Å²) in [5.74, 6) is -3.46. The molecule has 180 valence electrons. The van der Waals surface area contributed by atoms with E-state index in [1.54, 1.807) is 0 Å². The van der Waals surface area contributed by atoms with Crippen LogP contribution in [-0.2, 0) is 10.0 Å². The quantitative estimate of drug-likeness (QED) is 0.463. The topological polar surface area (TPSA) is 136 Å². The second-order valence-corrected chi connectivity index (χ2v) is 9.76. The van der Waals surface area contributed by atoms with Crippen LogP contribution in [0.5, 0.6) is 5.75 Å². The molecule has 1 heterocycles. The van der Waals surface area contributed by atoms with Crippen molar-refractivity contribution in [1.29, 1.82) is 0 Å². The largest absolute Gasteiger partial charge is 0.496 e. The lowest BCUT2D eigenvalue weighted by Gasteiger charge is -2.29. The van der Waals surface area contributed by atoms with E-state index in [1.807, 2.05) is 6.92 Å². The second-order valence-electron chi connectivity index (χ2n) is 7.89. The number of carbonyl (C=O) groups excluding carboxylic acids is 1. The molecular formula is C21H27F2N5O4S. The number of benzene rings is 1. The molecule has 9 nitrogen and oxygen atoms in total. The van der Waals surface area contributed by atoms with Gasteiger partial charge in [0.1, 0.15) is 17.1 Å². The average molecular weight is 484 g/mol. The molecule has 12 heteroatoms. The molecule has 1 aliphatic carbocycles. The van der Waals surface area contributed by atoms with Gasteiger partial charge >= 0.3 is 0 Å². The van der Waals surface area contributed by atoms with E-state index in [0.717, 1.165) is 18.3 Å².